The molecule has 1 aromatic heterocycles. The molecule has 3 rings (SSSR count). The van der Waals surface area contributed by atoms with E-state index in [1.54, 1.807) is 0 Å². The summed E-state index contributed by atoms with van der Waals surface area (Å²) in [6, 6.07) is 8.83. The standard InChI is InChI=1S/C9H10N2.C6H11Cl2N.Pt/c1-10-7-11(2)9-6-4-3-5-8(9)10;7-9(8)6-4-2-1-3-5-6;/h3-6H,1-2H3;6H,1-5H2;. The Morgan fingerprint density at radius 1 is 1.00 bits per heavy atom. The second kappa shape index (κ2) is 7.96. The van der Waals surface area contributed by atoms with E-state index >= 15 is 0 Å². The molecule has 0 N–H and O–H groups in total. The van der Waals surface area contributed by atoms with Gasteiger partial charge in [-0.05, 0) is 36.4 Å². The number of hydrogen-bond acceptors (Lipinski definition) is 1. The molecule has 0 aliphatic heterocycles. The zero-order valence-corrected chi connectivity index (χ0v) is 16.1. The van der Waals surface area contributed by atoms with Crippen LogP contribution in [0, 0.1) is 3.80 Å². The second-order valence-corrected chi connectivity index (χ2v) is 7.32. The first-order chi connectivity index (χ1) is 10.0. The molecule has 1 heterocycles. The van der Waals surface area contributed by atoms with Gasteiger partial charge in [0.1, 0.15) is 0 Å². The molecule has 0 bridgehead atoms. The van der Waals surface area contributed by atoms with Crippen LogP contribution in [0.2, 0.25) is 0 Å². The molecule has 1 aliphatic rings. The van der Waals surface area contributed by atoms with E-state index in [2.05, 4.69) is 66.8 Å². The minimum absolute atomic E-state index is 0.419. The van der Waals surface area contributed by atoms with E-state index in [1.165, 1.54) is 38.0 Å². The summed E-state index contributed by atoms with van der Waals surface area (Å²) in [5.41, 5.74) is 2.56. The monoisotopic (exact) mass is 508 g/mol. The number of halogens is 2. The van der Waals surface area contributed by atoms with Gasteiger partial charge in [-0.15, -0.1) is 3.94 Å². The molecule has 1 aliphatic carbocycles. The van der Waals surface area contributed by atoms with Crippen LogP contribution in [0.25, 0.3) is 11.0 Å². The van der Waals surface area contributed by atoms with Crippen molar-refractivity contribution >= 4 is 34.6 Å². The van der Waals surface area contributed by atoms with Gasteiger partial charge >= 0.3 is 81.7 Å². The molecular weight excluding hydrogens is 488 g/mol. The third-order valence-corrected chi connectivity index (χ3v) is 6.04. The Bertz CT molecular complexity index is 600. The summed E-state index contributed by atoms with van der Waals surface area (Å²) in [7, 11) is 4.18. The predicted octanol–water partition coefficient (Wildman–Crippen LogP) is 4.52. The van der Waals surface area contributed by atoms with Crippen molar-refractivity contribution in [3.05, 3.63) is 28.1 Å². The number of fused-ring (bicyclic) bond motifs is 1. The fraction of sp³-hybridized carbons (Fsp3) is 0.533. The number of aromatic nitrogens is 2. The average molecular weight is 509 g/mol. The number of rotatable bonds is 1. The number of para-hydroxylation sites is 2. The number of nitrogens with zero attached hydrogens (tertiary/aromatic N) is 3. The van der Waals surface area contributed by atoms with E-state index in [9.17, 15) is 0 Å². The Morgan fingerprint density at radius 2 is 1.48 bits per heavy atom. The fourth-order valence-corrected chi connectivity index (χ4v) is 3.65. The molecule has 0 unspecified atom stereocenters. The number of imidazole rings is 1. The number of aryl methyl sites for hydroxylation is 2. The first kappa shape index (κ1) is 17.3. The van der Waals surface area contributed by atoms with Gasteiger partial charge in [-0.25, -0.2) is 0 Å². The van der Waals surface area contributed by atoms with Gasteiger partial charge < -0.3 is 0 Å². The Balaban J connectivity index is 0.000000161. The third-order valence-electron chi connectivity index (χ3n) is 3.97. The minimum atomic E-state index is 0.419. The van der Waals surface area contributed by atoms with Crippen molar-refractivity contribution in [2.24, 2.45) is 14.1 Å². The van der Waals surface area contributed by atoms with Gasteiger partial charge in [-0.3, -0.25) is 0 Å². The van der Waals surface area contributed by atoms with Crippen molar-refractivity contribution in [2.75, 3.05) is 0 Å². The topological polar surface area (TPSA) is 13.1 Å². The molecular formula is C15H21Cl2N3Pt. The molecule has 0 amide bonds. The Morgan fingerprint density at radius 3 is 1.86 bits per heavy atom. The van der Waals surface area contributed by atoms with Crippen molar-refractivity contribution in [1.29, 1.82) is 0 Å². The van der Waals surface area contributed by atoms with Crippen molar-refractivity contribution in [2.45, 2.75) is 38.1 Å². The van der Waals surface area contributed by atoms with Gasteiger partial charge in [0.2, 0.25) is 0 Å². The van der Waals surface area contributed by atoms with Crippen LogP contribution in [0.1, 0.15) is 32.1 Å². The first-order valence-electron chi connectivity index (χ1n) is 7.19. The van der Waals surface area contributed by atoms with Crippen molar-refractivity contribution in [3.8, 4) is 0 Å². The van der Waals surface area contributed by atoms with Crippen LogP contribution in [0.3, 0.4) is 0 Å². The number of benzene rings is 1. The van der Waals surface area contributed by atoms with E-state index in [0.717, 1.165) is 12.8 Å². The zero-order valence-electron chi connectivity index (χ0n) is 12.3. The SMILES string of the molecule is ClN(Cl)C1CCCCC1.Cn1[c](=[Pt])n(C)c2ccccc21. The van der Waals surface area contributed by atoms with E-state index < -0.39 is 0 Å². The molecule has 3 nitrogen and oxygen atoms in total. The maximum atomic E-state index is 5.56. The van der Waals surface area contributed by atoms with Crippen molar-refractivity contribution in [1.82, 2.24) is 13.1 Å². The van der Waals surface area contributed by atoms with Crippen LogP contribution in [0.5, 0.6) is 0 Å². The molecule has 1 fully saturated rings. The van der Waals surface area contributed by atoms with E-state index in [0.29, 0.717) is 6.04 Å². The first-order valence-corrected chi connectivity index (χ1v) is 9.00. The molecule has 0 atom stereocenters. The quantitative estimate of drug-likeness (QED) is 0.516. The van der Waals surface area contributed by atoms with Crippen LogP contribution >= 0.6 is 23.6 Å². The summed E-state index contributed by atoms with van der Waals surface area (Å²) < 4.78 is 6.93. The van der Waals surface area contributed by atoms with E-state index in [-0.39, 0.29) is 0 Å². The molecule has 0 radical (unpaired) electrons. The van der Waals surface area contributed by atoms with Crippen molar-refractivity contribution in [3.63, 3.8) is 0 Å². The van der Waals surface area contributed by atoms with Gasteiger partial charge in [0.05, 0.1) is 0 Å². The van der Waals surface area contributed by atoms with Gasteiger partial charge in [0.25, 0.3) is 0 Å². The average Bonchev–Trinajstić information content (AvgIpc) is 2.74. The second-order valence-electron chi connectivity index (χ2n) is 5.40. The van der Waals surface area contributed by atoms with Crippen molar-refractivity contribution < 1.29 is 19.4 Å². The molecule has 6 heteroatoms. The van der Waals surface area contributed by atoms with Crippen LogP contribution in [-0.2, 0) is 33.4 Å². The Hall–Kier alpha value is -0.0817. The summed E-state index contributed by atoms with van der Waals surface area (Å²) in [6.45, 7) is 0. The summed E-state index contributed by atoms with van der Waals surface area (Å²) >= 11 is 13.4. The zero-order chi connectivity index (χ0) is 15.4. The van der Waals surface area contributed by atoms with Crippen LogP contribution < -0.4 is 0 Å². The van der Waals surface area contributed by atoms with Gasteiger partial charge in [0.15, 0.2) is 0 Å². The van der Waals surface area contributed by atoms with E-state index in [4.69, 9.17) is 23.6 Å². The van der Waals surface area contributed by atoms with Gasteiger partial charge in [-0.2, -0.15) is 0 Å². The summed E-state index contributed by atoms with van der Waals surface area (Å²) in [6.07, 6.45) is 6.22. The molecule has 0 spiro atoms. The molecule has 1 saturated carbocycles. The van der Waals surface area contributed by atoms with E-state index in [1.807, 2.05) is 0 Å². The molecule has 1 aromatic carbocycles. The third kappa shape index (κ3) is 4.22. The van der Waals surface area contributed by atoms with Crippen LogP contribution in [0.4, 0.5) is 0 Å². The maximum absolute atomic E-state index is 5.56. The van der Waals surface area contributed by atoms with Gasteiger partial charge in [-0.1, -0.05) is 19.3 Å². The summed E-state index contributed by atoms with van der Waals surface area (Å²) in [5.74, 6) is 0. The molecule has 2 aromatic rings. The van der Waals surface area contributed by atoms with Gasteiger partial charge in [0, 0.05) is 6.04 Å². The summed E-state index contributed by atoms with van der Waals surface area (Å²) in [5, 5.41) is 0. The number of hydrogen-bond donors (Lipinski definition) is 0. The summed E-state index contributed by atoms with van der Waals surface area (Å²) in [4.78, 5) is 0. The predicted molar refractivity (Wildman–Crippen MR) is 85.6 cm³/mol. The van der Waals surface area contributed by atoms with Crippen LogP contribution in [-0.4, -0.2) is 19.1 Å². The molecule has 21 heavy (non-hydrogen) atoms. The normalized spacial score (nSPS) is 16.1. The fourth-order valence-electron chi connectivity index (χ4n) is 2.72. The molecule has 0 saturated heterocycles. The Labute approximate surface area is 147 Å². The van der Waals surface area contributed by atoms with Crippen LogP contribution in [0.15, 0.2) is 24.3 Å². The molecule has 120 valence electrons. The Kier molecular flexibility index (Phi) is 6.55.